The number of sulfonamides is 1. The van der Waals surface area contributed by atoms with Gasteiger partial charge in [-0.05, 0) is 42.0 Å². The fourth-order valence-electron chi connectivity index (χ4n) is 2.07. The smallest absolute Gasteiger partial charge is 0.250 e. The fourth-order valence-corrected chi connectivity index (χ4v) is 4.60. The molecule has 1 atom stereocenters. The van der Waals surface area contributed by atoms with Gasteiger partial charge in [0.1, 0.15) is 10.3 Å². The molecule has 0 saturated heterocycles. The largest absolute Gasteiger partial charge is 0.324 e. The summed E-state index contributed by atoms with van der Waals surface area (Å²) in [6.45, 7) is 5.41. The average Bonchev–Trinajstić information content (AvgIpc) is 3.03. The predicted octanol–water partition coefficient (Wildman–Crippen LogP) is 3.65. The van der Waals surface area contributed by atoms with Crippen LogP contribution in [0.2, 0.25) is 5.02 Å². The number of carbonyl (C=O) groups is 1. The van der Waals surface area contributed by atoms with E-state index >= 15 is 0 Å². The normalized spacial score (nSPS) is 13.0. The van der Waals surface area contributed by atoms with E-state index < -0.39 is 22.0 Å². The lowest BCUT2D eigenvalue weighted by atomic mass is 10.0. The van der Waals surface area contributed by atoms with Crippen molar-refractivity contribution in [1.82, 2.24) is 4.72 Å². The third-order valence-corrected chi connectivity index (χ3v) is 6.52. The third-order valence-electron chi connectivity index (χ3n) is 3.45. The van der Waals surface area contributed by atoms with Crippen molar-refractivity contribution < 1.29 is 13.2 Å². The van der Waals surface area contributed by atoms with E-state index in [0.29, 0.717) is 10.7 Å². The van der Waals surface area contributed by atoms with Crippen LogP contribution in [0.15, 0.2) is 39.9 Å². The van der Waals surface area contributed by atoms with Gasteiger partial charge in [-0.15, -0.1) is 11.3 Å². The summed E-state index contributed by atoms with van der Waals surface area (Å²) in [6.07, 6.45) is 0. The molecule has 2 N–H and O–H groups in total. The molecule has 0 spiro atoms. The van der Waals surface area contributed by atoms with Gasteiger partial charge >= 0.3 is 0 Å². The van der Waals surface area contributed by atoms with Crippen LogP contribution in [0, 0.1) is 12.8 Å². The summed E-state index contributed by atoms with van der Waals surface area (Å²) < 4.78 is 27.4. The van der Waals surface area contributed by atoms with E-state index in [-0.39, 0.29) is 10.1 Å². The molecule has 1 aromatic heterocycles. The highest BCUT2D eigenvalue weighted by molar-refractivity contribution is 7.91. The second-order valence-electron chi connectivity index (χ2n) is 5.72. The molecule has 0 aliphatic carbocycles. The van der Waals surface area contributed by atoms with Crippen molar-refractivity contribution in [1.29, 1.82) is 0 Å². The van der Waals surface area contributed by atoms with Gasteiger partial charge in [-0.1, -0.05) is 37.6 Å². The summed E-state index contributed by atoms with van der Waals surface area (Å²) in [4.78, 5) is 12.6. The summed E-state index contributed by atoms with van der Waals surface area (Å²) in [5.74, 6) is -0.644. The van der Waals surface area contributed by atoms with E-state index in [0.717, 1.165) is 16.9 Å². The molecule has 0 saturated carbocycles. The van der Waals surface area contributed by atoms with Gasteiger partial charge < -0.3 is 5.32 Å². The molecule has 2 aromatic rings. The second-order valence-corrected chi connectivity index (χ2v) is 9.05. The van der Waals surface area contributed by atoms with Crippen LogP contribution in [-0.4, -0.2) is 20.4 Å². The van der Waals surface area contributed by atoms with Crippen molar-refractivity contribution in [2.75, 3.05) is 5.32 Å². The number of aryl methyl sites for hydroxylation is 1. The summed E-state index contributed by atoms with van der Waals surface area (Å²) in [6, 6.07) is 7.42. The van der Waals surface area contributed by atoms with Crippen molar-refractivity contribution in [2.24, 2.45) is 5.92 Å². The molecular weight excluding hydrogens is 368 g/mol. The van der Waals surface area contributed by atoms with E-state index in [2.05, 4.69) is 10.0 Å². The first-order chi connectivity index (χ1) is 11.2. The predicted molar refractivity (Wildman–Crippen MR) is 98.1 cm³/mol. The molecule has 1 aromatic carbocycles. The van der Waals surface area contributed by atoms with Gasteiger partial charge in [0, 0.05) is 10.7 Å². The van der Waals surface area contributed by atoms with Gasteiger partial charge in [-0.25, -0.2) is 8.42 Å². The van der Waals surface area contributed by atoms with Gasteiger partial charge in [0.15, 0.2) is 0 Å². The SMILES string of the molecule is Cc1ccc(Cl)cc1NC(=O)[C@H](NS(=O)(=O)c1cccs1)C(C)C. The molecule has 8 heteroatoms. The zero-order valence-corrected chi connectivity index (χ0v) is 15.9. The minimum absolute atomic E-state index is 0.180. The Morgan fingerprint density at radius 1 is 1.25 bits per heavy atom. The number of anilines is 1. The minimum atomic E-state index is -3.74. The monoisotopic (exact) mass is 386 g/mol. The van der Waals surface area contributed by atoms with Crippen LogP contribution in [0.3, 0.4) is 0 Å². The van der Waals surface area contributed by atoms with Crippen molar-refractivity contribution >= 4 is 44.6 Å². The molecule has 0 fully saturated rings. The Bertz CT molecular complexity index is 818. The third kappa shape index (κ3) is 4.57. The Labute approximate surface area is 151 Å². The molecule has 1 heterocycles. The van der Waals surface area contributed by atoms with E-state index in [1.165, 1.54) is 6.07 Å². The Morgan fingerprint density at radius 3 is 2.54 bits per heavy atom. The van der Waals surface area contributed by atoms with Crippen LogP contribution >= 0.6 is 22.9 Å². The second kappa shape index (κ2) is 7.65. The number of hydrogen-bond donors (Lipinski definition) is 2. The summed E-state index contributed by atoms with van der Waals surface area (Å²) in [5.41, 5.74) is 1.41. The number of rotatable bonds is 6. The highest BCUT2D eigenvalue weighted by Gasteiger charge is 2.29. The lowest BCUT2D eigenvalue weighted by Crippen LogP contribution is -2.46. The molecular formula is C16H19ClN2O3S2. The Hall–Kier alpha value is -1.41. The Balaban J connectivity index is 2.21. The molecule has 0 unspecified atom stereocenters. The Kier molecular flexibility index (Phi) is 6.03. The summed E-state index contributed by atoms with van der Waals surface area (Å²) >= 11 is 7.06. The molecule has 130 valence electrons. The van der Waals surface area contributed by atoms with E-state index in [1.54, 1.807) is 43.5 Å². The zero-order valence-electron chi connectivity index (χ0n) is 13.5. The number of hydrogen-bond acceptors (Lipinski definition) is 4. The maximum absolute atomic E-state index is 12.6. The van der Waals surface area contributed by atoms with Crippen LogP contribution in [0.5, 0.6) is 0 Å². The molecule has 5 nitrogen and oxygen atoms in total. The molecule has 1 amide bonds. The first kappa shape index (κ1) is 18.9. The van der Waals surface area contributed by atoms with Crippen LogP contribution in [0.25, 0.3) is 0 Å². The van der Waals surface area contributed by atoms with Crippen molar-refractivity contribution in [2.45, 2.75) is 31.0 Å². The van der Waals surface area contributed by atoms with Gasteiger partial charge in [0.25, 0.3) is 10.0 Å². The van der Waals surface area contributed by atoms with Crippen molar-refractivity contribution in [3.63, 3.8) is 0 Å². The quantitative estimate of drug-likeness (QED) is 0.795. The number of halogens is 1. The van der Waals surface area contributed by atoms with Crippen LogP contribution < -0.4 is 10.0 Å². The number of thiophene rings is 1. The number of carbonyl (C=O) groups excluding carboxylic acids is 1. The maximum atomic E-state index is 12.6. The summed E-state index contributed by atoms with van der Waals surface area (Å²) in [5, 5.41) is 4.92. The standard InChI is InChI=1S/C16H19ClN2O3S2/c1-10(2)15(19-24(21,22)14-5-4-8-23-14)16(20)18-13-9-12(17)7-6-11(13)3/h4-10,15,19H,1-3H3,(H,18,20)/t15-/m1/s1. The molecule has 0 bridgehead atoms. The van der Waals surface area contributed by atoms with E-state index in [9.17, 15) is 13.2 Å². The van der Waals surface area contributed by atoms with Gasteiger partial charge in [0.05, 0.1) is 0 Å². The lowest BCUT2D eigenvalue weighted by Gasteiger charge is -2.22. The van der Waals surface area contributed by atoms with Crippen LogP contribution in [0.1, 0.15) is 19.4 Å². The van der Waals surface area contributed by atoms with Crippen LogP contribution in [0.4, 0.5) is 5.69 Å². The van der Waals surface area contributed by atoms with Crippen molar-refractivity contribution in [3.05, 3.63) is 46.3 Å². The van der Waals surface area contributed by atoms with Gasteiger partial charge in [-0.3, -0.25) is 4.79 Å². The summed E-state index contributed by atoms with van der Waals surface area (Å²) in [7, 11) is -3.74. The minimum Gasteiger partial charge on any atom is -0.324 e. The highest BCUT2D eigenvalue weighted by atomic mass is 35.5. The van der Waals surface area contributed by atoms with E-state index in [1.807, 2.05) is 6.92 Å². The molecule has 0 aliphatic rings. The molecule has 0 aliphatic heterocycles. The Morgan fingerprint density at radius 2 is 1.96 bits per heavy atom. The van der Waals surface area contributed by atoms with Crippen molar-refractivity contribution in [3.8, 4) is 0 Å². The first-order valence-corrected chi connectivity index (χ1v) is 10.1. The lowest BCUT2D eigenvalue weighted by molar-refractivity contribution is -0.118. The number of amides is 1. The first-order valence-electron chi connectivity index (χ1n) is 7.33. The molecule has 24 heavy (non-hydrogen) atoms. The zero-order chi connectivity index (χ0) is 17.9. The highest BCUT2D eigenvalue weighted by Crippen LogP contribution is 2.22. The van der Waals surface area contributed by atoms with Gasteiger partial charge in [0.2, 0.25) is 5.91 Å². The maximum Gasteiger partial charge on any atom is 0.250 e. The molecule has 0 radical (unpaired) electrons. The van der Waals surface area contributed by atoms with E-state index in [4.69, 9.17) is 11.6 Å². The number of benzene rings is 1. The topological polar surface area (TPSA) is 75.3 Å². The number of nitrogens with one attached hydrogen (secondary N) is 2. The van der Waals surface area contributed by atoms with Crippen LogP contribution in [-0.2, 0) is 14.8 Å². The molecule has 2 rings (SSSR count). The fraction of sp³-hybridized carbons (Fsp3) is 0.312. The average molecular weight is 387 g/mol. The van der Waals surface area contributed by atoms with Gasteiger partial charge in [-0.2, -0.15) is 4.72 Å².